The molecule has 0 bridgehead atoms. The van der Waals surface area contributed by atoms with Gasteiger partial charge in [0.05, 0.1) is 24.7 Å². The van der Waals surface area contributed by atoms with Crippen LogP contribution in [0.4, 0.5) is 5.82 Å². The zero-order valence-corrected chi connectivity index (χ0v) is 16.8. The molecule has 2 saturated heterocycles. The molecule has 148 valence electrons. The standard InChI is InChI=1S/C16H23ClN6O3S/c1-22-12(2-4-18-11-3-9-27(24,25)10-11)19-13-14(22)20-16(17)21-15(13)23-5-7-26-8-6-23/h11,18H,2-10H2,1H3. The lowest BCUT2D eigenvalue weighted by atomic mass is 10.2. The van der Waals surface area contributed by atoms with Gasteiger partial charge in [-0.3, -0.25) is 0 Å². The number of fused-ring (bicyclic) bond motifs is 1. The Bertz CT molecular complexity index is 941. The Morgan fingerprint density at radius 1 is 1.26 bits per heavy atom. The van der Waals surface area contributed by atoms with E-state index < -0.39 is 9.84 Å². The molecule has 0 amide bonds. The lowest BCUT2D eigenvalue weighted by Crippen LogP contribution is -2.37. The Labute approximate surface area is 163 Å². The summed E-state index contributed by atoms with van der Waals surface area (Å²) in [5, 5.41) is 3.53. The molecule has 4 heterocycles. The van der Waals surface area contributed by atoms with E-state index in [0.717, 1.165) is 30.2 Å². The Morgan fingerprint density at radius 3 is 2.74 bits per heavy atom. The number of anilines is 1. The van der Waals surface area contributed by atoms with Gasteiger partial charge < -0.3 is 19.5 Å². The minimum Gasteiger partial charge on any atom is -0.378 e. The van der Waals surface area contributed by atoms with Gasteiger partial charge in [0.25, 0.3) is 0 Å². The van der Waals surface area contributed by atoms with Crippen molar-refractivity contribution < 1.29 is 13.2 Å². The summed E-state index contributed by atoms with van der Waals surface area (Å²) in [6.45, 7) is 3.44. The maximum absolute atomic E-state index is 11.6. The van der Waals surface area contributed by atoms with Crippen molar-refractivity contribution in [3.63, 3.8) is 0 Å². The fraction of sp³-hybridized carbons (Fsp3) is 0.688. The summed E-state index contributed by atoms with van der Waals surface area (Å²) in [4.78, 5) is 15.6. The number of hydrogen-bond acceptors (Lipinski definition) is 8. The molecule has 9 nitrogen and oxygen atoms in total. The number of sulfone groups is 1. The first kappa shape index (κ1) is 18.9. The average Bonchev–Trinajstić information content (AvgIpc) is 3.15. The number of halogens is 1. The highest BCUT2D eigenvalue weighted by atomic mass is 35.5. The van der Waals surface area contributed by atoms with Gasteiger partial charge in [-0.2, -0.15) is 9.97 Å². The van der Waals surface area contributed by atoms with Gasteiger partial charge in [-0.1, -0.05) is 0 Å². The number of aryl methyl sites for hydroxylation is 1. The van der Waals surface area contributed by atoms with Crippen LogP contribution in [0.1, 0.15) is 12.2 Å². The molecule has 27 heavy (non-hydrogen) atoms. The van der Waals surface area contributed by atoms with E-state index in [4.69, 9.17) is 21.3 Å². The molecule has 1 N–H and O–H groups in total. The molecule has 0 spiro atoms. The van der Waals surface area contributed by atoms with Crippen LogP contribution in [0.2, 0.25) is 5.28 Å². The van der Waals surface area contributed by atoms with Gasteiger partial charge in [-0.05, 0) is 18.0 Å². The molecule has 0 aliphatic carbocycles. The fourth-order valence-corrected chi connectivity index (χ4v) is 5.50. The van der Waals surface area contributed by atoms with E-state index in [1.165, 1.54) is 0 Å². The van der Waals surface area contributed by atoms with Gasteiger partial charge in [0.1, 0.15) is 5.82 Å². The summed E-state index contributed by atoms with van der Waals surface area (Å²) in [5.74, 6) is 2.10. The molecule has 2 fully saturated rings. The topological polar surface area (TPSA) is 102 Å². The van der Waals surface area contributed by atoms with Crippen LogP contribution in [-0.2, 0) is 28.0 Å². The predicted molar refractivity (Wildman–Crippen MR) is 103 cm³/mol. The Morgan fingerprint density at radius 2 is 2.04 bits per heavy atom. The summed E-state index contributed by atoms with van der Waals surface area (Å²) in [6.07, 6.45) is 1.34. The molecular formula is C16H23ClN6O3S. The summed E-state index contributed by atoms with van der Waals surface area (Å²) in [5.41, 5.74) is 1.44. The van der Waals surface area contributed by atoms with Crippen molar-refractivity contribution in [1.29, 1.82) is 0 Å². The summed E-state index contributed by atoms with van der Waals surface area (Å²) < 4.78 is 30.5. The highest BCUT2D eigenvalue weighted by Crippen LogP contribution is 2.26. The first-order valence-corrected chi connectivity index (χ1v) is 11.3. The molecule has 2 aliphatic heterocycles. The molecule has 1 atom stereocenters. The minimum atomic E-state index is -2.87. The molecular weight excluding hydrogens is 392 g/mol. The Kier molecular flexibility index (Phi) is 5.23. The van der Waals surface area contributed by atoms with Crippen LogP contribution in [0, 0.1) is 0 Å². The van der Waals surface area contributed by atoms with Crippen LogP contribution in [0.25, 0.3) is 11.2 Å². The van der Waals surface area contributed by atoms with E-state index in [-0.39, 0.29) is 22.8 Å². The molecule has 2 aromatic rings. The second-order valence-electron chi connectivity index (χ2n) is 6.98. The van der Waals surface area contributed by atoms with Crippen molar-refractivity contribution in [2.24, 2.45) is 7.05 Å². The molecule has 2 aliphatic rings. The van der Waals surface area contributed by atoms with Crippen molar-refractivity contribution in [1.82, 2.24) is 24.8 Å². The van der Waals surface area contributed by atoms with Gasteiger partial charge >= 0.3 is 0 Å². The van der Waals surface area contributed by atoms with Crippen LogP contribution in [-0.4, -0.2) is 78.3 Å². The third-order valence-corrected chi connectivity index (χ3v) is 7.03. The van der Waals surface area contributed by atoms with E-state index in [0.29, 0.717) is 38.2 Å². The third-order valence-electron chi connectivity index (χ3n) is 5.09. The number of morpholine rings is 1. The van der Waals surface area contributed by atoms with E-state index in [2.05, 4.69) is 20.2 Å². The number of nitrogens with one attached hydrogen (secondary N) is 1. The molecule has 0 saturated carbocycles. The Hall–Kier alpha value is -1.49. The van der Waals surface area contributed by atoms with Gasteiger partial charge in [-0.15, -0.1) is 0 Å². The van der Waals surface area contributed by atoms with Crippen molar-refractivity contribution in [3.05, 3.63) is 11.1 Å². The second kappa shape index (κ2) is 7.50. The van der Waals surface area contributed by atoms with E-state index in [9.17, 15) is 8.42 Å². The normalized spacial score (nSPS) is 22.6. The largest absolute Gasteiger partial charge is 0.378 e. The SMILES string of the molecule is Cn1c(CCNC2CCS(=O)(=O)C2)nc2c(N3CCOCC3)nc(Cl)nc21. The van der Waals surface area contributed by atoms with E-state index in [1.807, 2.05) is 11.6 Å². The number of hydrogen-bond donors (Lipinski definition) is 1. The first-order valence-electron chi connectivity index (χ1n) is 9.08. The number of rotatable bonds is 5. The lowest BCUT2D eigenvalue weighted by molar-refractivity contribution is 0.122. The number of aromatic nitrogens is 4. The van der Waals surface area contributed by atoms with Gasteiger partial charge in [0.15, 0.2) is 26.8 Å². The molecule has 1 unspecified atom stereocenters. The highest BCUT2D eigenvalue weighted by molar-refractivity contribution is 7.91. The molecule has 0 aromatic carbocycles. The number of imidazole rings is 1. The van der Waals surface area contributed by atoms with Crippen LogP contribution in [0.15, 0.2) is 0 Å². The first-order chi connectivity index (χ1) is 12.9. The summed E-state index contributed by atoms with van der Waals surface area (Å²) in [6, 6.07) is 0.0304. The lowest BCUT2D eigenvalue weighted by Gasteiger charge is -2.27. The zero-order valence-electron chi connectivity index (χ0n) is 15.2. The van der Waals surface area contributed by atoms with Crippen molar-refractivity contribution >= 4 is 38.4 Å². The van der Waals surface area contributed by atoms with Crippen LogP contribution >= 0.6 is 11.6 Å². The van der Waals surface area contributed by atoms with Crippen molar-refractivity contribution in [3.8, 4) is 0 Å². The maximum atomic E-state index is 11.6. The number of ether oxygens (including phenoxy) is 1. The van der Waals surface area contributed by atoms with Crippen LogP contribution < -0.4 is 10.2 Å². The van der Waals surface area contributed by atoms with Gasteiger partial charge in [-0.25, -0.2) is 13.4 Å². The van der Waals surface area contributed by atoms with Crippen LogP contribution in [0.3, 0.4) is 0 Å². The smallest absolute Gasteiger partial charge is 0.226 e. The molecule has 11 heteroatoms. The average molecular weight is 415 g/mol. The number of nitrogens with zero attached hydrogens (tertiary/aromatic N) is 5. The highest BCUT2D eigenvalue weighted by Gasteiger charge is 2.27. The van der Waals surface area contributed by atoms with Crippen molar-refractivity contribution in [2.45, 2.75) is 18.9 Å². The van der Waals surface area contributed by atoms with Crippen molar-refractivity contribution in [2.75, 3.05) is 49.3 Å². The Balaban J connectivity index is 1.52. The third kappa shape index (κ3) is 4.03. The molecule has 0 radical (unpaired) electrons. The summed E-state index contributed by atoms with van der Waals surface area (Å²) in [7, 11) is -0.960. The summed E-state index contributed by atoms with van der Waals surface area (Å²) >= 11 is 6.15. The van der Waals surface area contributed by atoms with Gasteiger partial charge in [0.2, 0.25) is 5.28 Å². The van der Waals surface area contributed by atoms with E-state index in [1.54, 1.807) is 0 Å². The predicted octanol–water partition coefficient (Wildman–Crippen LogP) is 0.173. The fourth-order valence-electron chi connectivity index (χ4n) is 3.63. The quantitative estimate of drug-likeness (QED) is 0.691. The minimum absolute atomic E-state index is 0.0304. The molecule has 2 aromatic heterocycles. The second-order valence-corrected chi connectivity index (χ2v) is 9.55. The maximum Gasteiger partial charge on any atom is 0.226 e. The molecule has 4 rings (SSSR count). The zero-order chi connectivity index (χ0) is 19.0. The van der Waals surface area contributed by atoms with E-state index >= 15 is 0 Å². The monoisotopic (exact) mass is 414 g/mol. The van der Waals surface area contributed by atoms with Gasteiger partial charge in [0, 0.05) is 39.1 Å². The van der Waals surface area contributed by atoms with Crippen LogP contribution in [0.5, 0.6) is 0 Å².